The molecule has 2 aliphatic rings. The first kappa shape index (κ1) is 21.7. The molecule has 2 aromatic heterocycles. The molecule has 2 heterocycles. The standard InChI is InChI=1S/C28H27FN2O2/c1-3-17-4-6-23(31-16-17)15-27(32)28(33-2)21-12-18-10-20(11-19(18)13-21)24-8-9-30-26-7-5-22(29)14-25(24)26/h1,4-9,14,16,18-21,28H,10-13,15H2,2H3/t18-,19+,20?,21?,28?. The van der Waals surface area contributed by atoms with E-state index < -0.39 is 6.10 Å². The number of rotatable bonds is 6. The van der Waals surface area contributed by atoms with Crippen LogP contribution in [0.4, 0.5) is 4.39 Å². The fourth-order valence-corrected chi connectivity index (χ4v) is 6.14. The van der Waals surface area contributed by atoms with Gasteiger partial charge < -0.3 is 4.74 Å². The monoisotopic (exact) mass is 442 g/mol. The summed E-state index contributed by atoms with van der Waals surface area (Å²) < 4.78 is 19.6. The molecule has 2 aliphatic carbocycles. The van der Waals surface area contributed by atoms with Crippen LogP contribution in [0.25, 0.3) is 10.9 Å². The average Bonchev–Trinajstić information content (AvgIpc) is 3.39. The van der Waals surface area contributed by atoms with Crippen LogP contribution in [0, 0.1) is 35.9 Å². The Hall–Kier alpha value is -3.10. The number of hydrogen-bond donors (Lipinski definition) is 0. The number of carbonyl (C=O) groups is 1. The van der Waals surface area contributed by atoms with Gasteiger partial charge in [0.1, 0.15) is 11.9 Å². The number of Topliss-reactive ketones (excluding diaryl/α,β-unsaturated/α-hetero) is 1. The molecule has 0 bridgehead atoms. The van der Waals surface area contributed by atoms with Crippen LogP contribution in [0.2, 0.25) is 0 Å². The number of nitrogens with zero attached hydrogens (tertiary/aromatic N) is 2. The molecule has 0 aliphatic heterocycles. The molecule has 0 radical (unpaired) electrons. The van der Waals surface area contributed by atoms with E-state index in [-0.39, 0.29) is 23.9 Å². The second-order valence-electron chi connectivity index (χ2n) is 9.46. The van der Waals surface area contributed by atoms with Gasteiger partial charge >= 0.3 is 0 Å². The molecule has 0 N–H and O–H groups in total. The van der Waals surface area contributed by atoms with Crippen molar-refractivity contribution in [1.29, 1.82) is 0 Å². The summed E-state index contributed by atoms with van der Waals surface area (Å²) in [6.07, 6.45) is 12.8. The minimum absolute atomic E-state index is 0.0792. The number of halogens is 1. The summed E-state index contributed by atoms with van der Waals surface area (Å²) in [6, 6.07) is 10.5. The van der Waals surface area contributed by atoms with Gasteiger partial charge in [-0.25, -0.2) is 4.39 Å². The Morgan fingerprint density at radius 2 is 1.94 bits per heavy atom. The van der Waals surface area contributed by atoms with Gasteiger partial charge in [0.05, 0.1) is 11.9 Å². The lowest BCUT2D eigenvalue weighted by Gasteiger charge is -2.23. The Kier molecular flexibility index (Phi) is 5.95. The Morgan fingerprint density at radius 3 is 2.61 bits per heavy atom. The molecule has 0 spiro atoms. The number of pyridine rings is 2. The zero-order valence-corrected chi connectivity index (χ0v) is 18.7. The lowest BCUT2D eigenvalue weighted by atomic mass is 9.87. The quantitative estimate of drug-likeness (QED) is 0.499. The Bertz CT molecular complexity index is 1200. The predicted octanol–water partition coefficient (Wildman–Crippen LogP) is 5.10. The normalized spacial score (nSPS) is 25.0. The first-order valence-corrected chi connectivity index (χ1v) is 11.6. The molecule has 2 fully saturated rings. The lowest BCUT2D eigenvalue weighted by Crippen LogP contribution is -2.32. The van der Waals surface area contributed by atoms with E-state index in [1.54, 1.807) is 25.4 Å². The molecule has 168 valence electrons. The van der Waals surface area contributed by atoms with E-state index in [4.69, 9.17) is 11.2 Å². The second kappa shape index (κ2) is 9.03. The third kappa shape index (κ3) is 4.28. The summed E-state index contributed by atoms with van der Waals surface area (Å²) in [6.45, 7) is 0. The van der Waals surface area contributed by atoms with Crippen molar-refractivity contribution in [2.24, 2.45) is 17.8 Å². The van der Waals surface area contributed by atoms with E-state index >= 15 is 0 Å². The van der Waals surface area contributed by atoms with E-state index in [0.717, 1.165) is 42.3 Å². The maximum absolute atomic E-state index is 13.9. The summed E-state index contributed by atoms with van der Waals surface area (Å²) in [5, 5.41) is 0.923. The lowest BCUT2D eigenvalue weighted by molar-refractivity contribution is -0.131. The van der Waals surface area contributed by atoms with Crippen molar-refractivity contribution in [2.45, 2.75) is 44.1 Å². The number of benzene rings is 1. The van der Waals surface area contributed by atoms with Gasteiger partial charge in [-0.1, -0.05) is 5.92 Å². The van der Waals surface area contributed by atoms with Gasteiger partial charge in [0.2, 0.25) is 0 Å². The van der Waals surface area contributed by atoms with Crippen LogP contribution in [0.1, 0.15) is 48.4 Å². The van der Waals surface area contributed by atoms with Crippen molar-refractivity contribution in [1.82, 2.24) is 9.97 Å². The SMILES string of the molecule is C#Cc1ccc(CC(=O)C(OC)C2C[C@H]3CC(c4ccnc5ccc(F)cc45)C[C@H]3C2)nc1. The zero-order chi connectivity index (χ0) is 22.9. The molecule has 2 saturated carbocycles. The molecule has 3 aromatic rings. The highest BCUT2D eigenvalue weighted by Gasteiger charge is 2.46. The highest BCUT2D eigenvalue weighted by atomic mass is 19.1. The number of carbonyl (C=O) groups excluding carboxylic acids is 1. The average molecular weight is 443 g/mol. The number of terminal acetylenes is 1. The molecule has 3 unspecified atom stereocenters. The summed E-state index contributed by atoms with van der Waals surface area (Å²) in [5.74, 6) is 4.17. The zero-order valence-electron chi connectivity index (χ0n) is 18.7. The maximum atomic E-state index is 13.9. The first-order chi connectivity index (χ1) is 16.1. The third-order valence-corrected chi connectivity index (χ3v) is 7.58. The smallest absolute Gasteiger partial charge is 0.167 e. The molecular formula is C28H27FN2O2. The van der Waals surface area contributed by atoms with Gasteiger partial charge in [0.25, 0.3) is 0 Å². The summed E-state index contributed by atoms with van der Waals surface area (Å²) in [5.41, 5.74) is 3.47. The minimum atomic E-state index is -0.404. The predicted molar refractivity (Wildman–Crippen MR) is 125 cm³/mol. The van der Waals surface area contributed by atoms with Crippen LogP contribution in [-0.2, 0) is 16.0 Å². The van der Waals surface area contributed by atoms with E-state index in [9.17, 15) is 9.18 Å². The molecular weight excluding hydrogens is 415 g/mol. The molecule has 0 saturated heterocycles. The molecule has 33 heavy (non-hydrogen) atoms. The van der Waals surface area contributed by atoms with E-state index in [1.807, 2.05) is 24.4 Å². The number of ketones is 1. The molecule has 5 rings (SSSR count). The summed E-state index contributed by atoms with van der Waals surface area (Å²) in [4.78, 5) is 21.7. The van der Waals surface area contributed by atoms with E-state index in [0.29, 0.717) is 23.3 Å². The summed E-state index contributed by atoms with van der Waals surface area (Å²) in [7, 11) is 1.63. The molecule has 0 amide bonds. The van der Waals surface area contributed by atoms with Crippen molar-refractivity contribution in [3.05, 3.63) is 71.4 Å². The maximum Gasteiger partial charge on any atom is 0.167 e. The van der Waals surface area contributed by atoms with Gasteiger partial charge in [-0.3, -0.25) is 14.8 Å². The van der Waals surface area contributed by atoms with Crippen molar-refractivity contribution < 1.29 is 13.9 Å². The third-order valence-electron chi connectivity index (χ3n) is 7.58. The molecule has 5 atom stereocenters. The van der Waals surface area contributed by atoms with Gasteiger partial charge in [0.15, 0.2) is 5.78 Å². The second-order valence-corrected chi connectivity index (χ2v) is 9.46. The van der Waals surface area contributed by atoms with Crippen LogP contribution in [0.3, 0.4) is 0 Å². The van der Waals surface area contributed by atoms with Crippen LogP contribution in [0.5, 0.6) is 0 Å². The van der Waals surface area contributed by atoms with Gasteiger partial charge in [-0.2, -0.15) is 0 Å². The van der Waals surface area contributed by atoms with Crippen molar-refractivity contribution in [3.8, 4) is 12.3 Å². The van der Waals surface area contributed by atoms with Gasteiger partial charge in [-0.15, -0.1) is 6.42 Å². The van der Waals surface area contributed by atoms with Crippen molar-refractivity contribution in [3.63, 3.8) is 0 Å². The van der Waals surface area contributed by atoms with Crippen molar-refractivity contribution in [2.75, 3.05) is 7.11 Å². The van der Waals surface area contributed by atoms with Crippen LogP contribution < -0.4 is 0 Å². The fraction of sp³-hybridized carbons (Fsp3) is 0.393. The highest BCUT2D eigenvalue weighted by Crippen LogP contribution is 2.54. The highest BCUT2D eigenvalue weighted by molar-refractivity contribution is 5.85. The Morgan fingerprint density at radius 1 is 1.15 bits per heavy atom. The fourth-order valence-electron chi connectivity index (χ4n) is 6.14. The van der Waals surface area contributed by atoms with Crippen molar-refractivity contribution >= 4 is 16.7 Å². The van der Waals surface area contributed by atoms with E-state index in [2.05, 4.69) is 15.9 Å². The largest absolute Gasteiger partial charge is 0.373 e. The number of aromatic nitrogens is 2. The van der Waals surface area contributed by atoms with Crippen LogP contribution in [0.15, 0.2) is 48.8 Å². The van der Waals surface area contributed by atoms with Gasteiger partial charge in [-0.05, 0) is 91.3 Å². The molecule has 4 nitrogen and oxygen atoms in total. The Balaban J connectivity index is 1.25. The Labute approximate surface area is 193 Å². The molecule has 5 heteroatoms. The number of methoxy groups -OCH3 is 1. The number of ether oxygens (including phenoxy) is 1. The van der Waals surface area contributed by atoms with Crippen LogP contribution in [-0.4, -0.2) is 29.0 Å². The topological polar surface area (TPSA) is 52.1 Å². The van der Waals surface area contributed by atoms with E-state index in [1.165, 1.54) is 11.6 Å². The van der Waals surface area contributed by atoms with Gasteiger partial charge in [0, 0.05) is 36.1 Å². The van der Waals surface area contributed by atoms with Crippen LogP contribution >= 0.6 is 0 Å². The number of fused-ring (bicyclic) bond motifs is 2. The first-order valence-electron chi connectivity index (χ1n) is 11.6. The number of hydrogen-bond acceptors (Lipinski definition) is 4. The summed E-state index contributed by atoms with van der Waals surface area (Å²) >= 11 is 0. The minimum Gasteiger partial charge on any atom is -0.373 e. The molecule has 1 aromatic carbocycles.